The highest BCUT2D eigenvalue weighted by atomic mass is 19.4. The average molecular weight is 465 g/mol. The van der Waals surface area contributed by atoms with Crippen molar-refractivity contribution in [3.8, 4) is 0 Å². The van der Waals surface area contributed by atoms with Gasteiger partial charge in [0.05, 0.1) is 42.4 Å². The number of ether oxygens (including phenoxy) is 1. The average Bonchev–Trinajstić information content (AvgIpc) is 3.44. The maximum Gasteiger partial charge on any atom is 0.433 e. The second-order valence-corrected chi connectivity index (χ2v) is 8.66. The van der Waals surface area contributed by atoms with Crippen LogP contribution in [0.2, 0.25) is 0 Å². The van der Waals surface area contributed by atoms with E-state index in [1.54, 1.807) is 0 Å². The quantitative estimate of drug-likeness (QED) is 0.534. The monoisotopic (exact) mass is 464 g/mol. The minimum absolute atomic E-state index is 0.0265. The van der Waals surface area contributed by atoms with Crippen LogP contribution in [0.1, 0.15) is 50.9 Å². The summed E-state index contributed by atoms with van der Waals surface area (Å²) in [6.07, 6.45) is 6.23. The Balaban J connectivity index is 1.72. The summed E-state index contributed by atoms with van der Waals surface area (Å²) in [5.74, 6) is 0.0297. The van der Waals surface area contributed by atoms with Crippen LogP contribution in [0, 0.1) is 5.92 Å². The number of rotatable bonds is 7. The van der Waals surface area contributed by atoms with Crippen molar-refractivity contribution in [2.24, 2.45) is 11.0 Å². The SMILES string of the molecule is C/C=C(\CCC)C(NC1=CC2C=NNC2C=C1N1CCOC(C)C1)c1cn[nH]c1C(F)(F)F. The van der Waals surface area contributed by atoms with Crippen molar-refractivity contribution in [2.75, 3.05) is 19.7 Å². The molecule has 33 heavy (non-hydrogen) atoms. The van der Waals surface area contributed by atoms with Gasteiger partial charge >= 0.3 is 6.18 Å². The summed E-state index contributed by atoms with van der Waals surface area (Å²) in [6.45, 7) is 7.93. The number of H-pyrrole nitrogens is 1. The Hall–Kier alpha value is -2.75. The first-order valence-corrected chi connectivity index (χ1v) is 11.4. The normalized spacial score (nSPS) is 26.4. The van der Waals surface area contributed by atoms with Crippen molar-refractivity contribution >= 4 is 6.21 Å². The second-order valence-electron chi connectivity index (χ2n) is 8.66. The number of aromatic amines is 1. The summed E-state index contributed by atoms with van der Waals surface area (Å²) >= 11 is 0. The molecular formula is C23H31F3N6O. The number of allylic oxidation sites excluding steroid dienone is 1. The fourth-order valence-electron chi connectivity index (χ4n) is 4.67. The van der Waals surface area contributed by atoms with E-state index in [4.69, 9.17) is 4.74 Å². The van der Waals surface area contributed by atoms with E-state index in [1.807, 2.05) is 33.1 Å². The van der Waals surface area contributed by atoms with Gasteiger partial charge in [-0.05, 0) is 38.0 Å². The first-order chi connectivity index (χ1) is 15.8. The van der Waals surface area contributed by atoms with Crippen molar-refractivity contribution in [1.82, 2.24) is 25.8 Å². The van der Waals surface area contributed by atoms with Gasteiger partial charge in [0.1, 0.15) is 5.69 Å². The van der Waals surface area contributed by atoms with Crippen molar-refractivity contribution in [2.45, 2.75) is 58.0 Å². The van der Waals surface area contributed by atoms with E-state index in [0.717, 1.165) is 23.4 Å². The third-order valence-corrected chi connectivity index (χ3v) is 6.28. The number of fused-ring (bicyclic) bond motifs is 1. The van der Waals surface area contributed by atoms with Crippen molar-refractivity contribution in [1.29, 1.82) is 0 Å². The lowest BCUT2D eigenvalue weighted by Crippen LogP contribution is -2.44. The molecule has 3 N–H and O–H groups in total. The summed E-state index contributed by atoms with van der Waals surface area (Å²) in [4.78, 5) is 2.23. The highest BCUT2D eigenvalue weighted by Gasteiger charge is 2.39. The third kappa shape index (κ3) is 4.95. The lowest BCUT2D eigenvalue weighted by Gasteiger charge is -2.39. The van der Waals surface area contributed by atoms with Crippen LogP contribution in [-0.4, -0.2) is 53.2 Å². The lowest BCUT2D eigenvalue weighted by atomic mass is 9.90. The molecule has 0 spiro atoms. The van der Waals surface area contributed by atoms with Crippen LogP contribution < -0.4 is 10.7 Å². The van der Waals surface area contributed by atoms with E-state index < -0.39 is 17.9 Å². The number of nitrogens with one attached hydrogen (secondary N) is 3. The van der Waals surface area contributed by atoms with Gasteiger partial charge in [-0.1, -0.05) is 19.4 Å². The number of nitrogens with zero attached hydrogens (tertiary/aromatic N) is 3. The molecule has 3 heterocycles. The van der Waals surface area contributed by atoms with Gasteiger partial charge in [-0.25, -0.2) is 0 Å². The zero-order chi connectivity index (χ0) is 23.6. The van der Waals surface area contributed by atoms with Crippen LogP contribution in [0.25, 0.3) is 0 Å². The van der Waals surface area contributed by atoms with Crippen LogP contribution in [0.3, 0.4) is 0 Å². The Bertz CT molecular complexity index is 964. The maximum absolute atomic E-state index is 13.8. The number of aromatic nitrogens is 2. The molecule has 1 aromatic heterocycles. The molecule has 1 aromatic rings. The first-order valence-electron chi connectivity index (χ1n) is 11.4. The Morgan fingerprint density at radius 2 is 2.21 bits per heavy atom. The topological polar surface area (TPSA) is 77.6 Å². The van der Waals surface area contributed by atoms with Gasteiger partial charge in [-0.2, -0.15) is 23.4 Å². The van der Waals surface area contributed by atoms with E-state index in [0.29, 0.717) is 26.1 Å². The molecule has 0 aromatic carbocycles. The molecule has 0 radical (unpaired) electrons. The molecule has 0 bridgehead atoms. The maximum atomic E-state index is 13.8. The predicted molar refractivity (Wildman–Crippen MR) is 120 cm³/mol. The van der Waals surface area contributed by atoms with Gasteiger partial charge < -0.3 is 20.4 Å². The minimum Gasteiger partial charge on any atom is -0.375 e. The number of alkyl halides is 3. The highest BCUT2D eigenvalue weighted by Crippen LogP contribution is 2.38. The second kappa shape index (κ2) is 9.62. The van der Waals surface area contributed by atoms with Crippen LogP contribution in [-0.2, 0) is 10.9 Å². The lowest BCUT2D eigenvalue weighted by molar-refractivity contribution is -0.142. The van der Waals surface area contributed by atoms with E-state index >= 15 is 0 Å². The van der Waals surface area contributed by atoms with E-state index in [-0.39, 0.29) is 23.6 Å². The molecule has 0 saturated carbocycles. The number of morpholine rings is 1. The largest absolute Gasteiger partial charge is 0.433 e. The molecular weight excluding hydrogens is 433 g/mol. The fraction of sp³-hybridized carbons (Fsp3) is 0.565. The predicted octanol–water partition coefficient (Wildman–Crippen LogP) is 3.88. The molecule has 1 aliphatic carbocycles. The van der Waals surface area contributed by atoms with E-state index in [9.17, 15) is 13.2 Å². The number of halogens is 3. The molecule has 2 aliphatic heterocycles. The molecule has 1 fully saturated rings. The van der Waals surface area contributed by atoms with Gasteiger partial charge in [-0.3, -0.25) is 5.10 Å². The van der Waals surface area contributed by atoms with Crippen molar-refractivity contribution in [3.05, 3.63) is 52.6 Å². The molecule has 10 heteroatoms. The standard InChI is InChI=1S/C23H31F3N6O/c1-4-6-15(5-2)21(17-12-28-31-22(17)23(24,25)26)29-19-9-16-11-27-30-18(16)10-20(19)32-7-8-33-14(3)13-32/h5,9-12,14,16,18,21,29-30H,4,6-8,13H2,1-3H3,(H,28,31)/b15-5+. The van der Waals surface area contributed by atoms with E-state index in [1.165, 1.54) is 6.20 Å². The van der Waals surface area contributed by atoms with Gasteiger partial charge in [0.15, 0.2) is 0 Å². The van der Waals surface area contributed by atoms with Crippen LogP contribution in [0.15, 0.2) is 46.5 Å². The van der Waals surface area contributed by atoms with Crippen molar-refractivity contribution < 1.29 is 17.9 Å². The zero-order valence-corrected chi connectivity index (χ0v) is 19.1. The summed E-state index contributed by atoms with van der Waals surface area (Å²) < 4.78 is 47.0. The number of hydrogen-bond donors (Lipinski definition) is 3. The molecule has 4 rings (SSSR count). The van der Waals surface area contributed by atoms with Crippen LogP contribution in [0.4, 0.5) is 13.2 Å². The van der Waals surface area contributed by atoms with Crippen LogP contribution >= 0.6 is 0 Å². The summed E-state index contributed by atoms with van der Waals surface area (Å²) in [7, 11) is 0. The molecule has 4 atom stereocenters. The Labute approximate surface area is 191 Å². The first kappa shape index (κ1) is 23.4. The van der Waals surface area contributed by atoms with Gasteiger partial charge in [-0.15, -0.1) is 0 Å². The Morgan fingerprint density at radius 1 is 1.39 bits per heavy atom. The third-order valence-electron chi connectivity index (χ3n) is 6.28. The highest BCUT2D eigenvalue weighted by molar-refractivity contribution is 5.69. The number of hydrogen-bond acceptors (Lipinski definition) is 6. The molecule has 3 aliphatic rings. The Kier molecular flexibility index (Phi) is 6.83. The zero-order valence-electron chi connectivity index (χ0n) is 19.1. The molecule has 0 amide bonds. The van der Waals surface area contributed by atoms with Crippen LogP contribution in [0.5, 0.6) is 0 Å². The molecule has 1 saturated heterocycles. The minimum atomic E-state index is -4.52. The molecule has 4 unspecified atom stereocenters. The van der Waals surface area contributed by atoms with Crippen molar-refractivity contribution in [3.63, 3.8) is 0 Å². The van der Waals surface area contributed by atoms with Gasteiger partial charge in [0.2, 0.25) is 0 Å². The Morgan fingerprint density at radius 3 is 2.91 bits per heavy atom. The summed E-state index contributed by atoms with van der Waals surface area (Å²) in [6, 6.07) is -0.639. The number of hydrazone groups is 1. The van der Waals surface area contributed by atoms with Gasteiger partial charge in [0, 0.05) is 30.8 Å². The molecule has 180 valence electrons. The fourth-order valence-corrected chi connectivity index (χ4v) is 4.67. The smallest absolute Gasteiger partial charge is 0.375 e. The van der Waals surface area contributed by atoms with E-state index in [2.05, 4.69) is 43.1 Å². The summed E-state index contributed by atoms with van der Waals surface area (Å²) in [5, 5.41) is 13.6. The molecule has 7 nitrogen and oxygen atoms in total. The summed E-state index contributed by atoms with van der Waals surface area (Å²) in [5.41, 5.74) is 5.04. The van der Waals surface area contributed by atoms with Gasteiger partial charge in [0.25, 0.3) is 0 Å².